The van der Waals surface area contributed by atoms with Crippen LogP contribution >= 0.6 is 43.5 Å². The van der Waals surface area contributed by atoms with Crippen molar-refractivity contribution in [2.75, 3.05) is 11.9 Å². The molecule has 0 amide bonds. The first-order valence-electron chi connectivity index (χ1n) is 6.49. The summed E-state index contributed by atoms with van der Waals surface area (Å²) < 4.78 is 7.44. The number of anilines is 1. The Kier molecular flexibility index (Phi) is 5.90. The highest BCUT2D eigenvalue weighted by Crippen LogP contribution is 2.35. The smallest absolute Gasteiger partial charge is 0.147 e. The van der Waals surface area contributed by atoms with E-state index in [4.69, 9.17) is 16.3 Å². The third-order valence-electron chi connectivity index (χ3n) is 2.88. The number of halogens is 3. The van der Waals surface area contributed by atoms with Crippen molar-refractivity contribution in [3.63, 3.8) is 0 Å². The van der Waals surface area contributed by atoms with E-state index < -0.39 is 0 Å². The van der Waals surface area contributed by atoms with Gasteiger partial charge in [0.2, 0.25) is 0 Å². The van der Waals surface area contributed by atoms with E-state index in [9.17, 15) is 0 Å². The van der Waals surface area contributed by atoms with E-state index in [0.29, 0.717) is 18.3 Å². The molecule has 6 heteroatoms. The van der Waals surface area contributed by atoms with Crippen molar-refractivity contribution in [2.24, 2.45) is 0 Å². The Bertz CT molecular complexity index is 627. The Hall–Kier alpha value is -0.780. The minimum Gasteiger partial charge on any atom is -0.492 e. The molecule has 112 valence electrons. The van der Waals surface area contributed by atoms with Crippen LogP contribution in [0.2, 0.25) is 5.15 Å². The summed E-state index contributed by atoms with van der Waals surface area (Å²) in [7, 11) is 0. The zero-order valence-corrected chi connectivity index (χ0v) is 15.6. The molecule has 2 rings (SSSR count). The Balaban J connectivity index is 2.13. The average molecular weight is 435 g/mol. The van der Waals surface area contributed by atoms with Crippen LogP contribution in [0.4, 0.5) is 5.69 Å². The number of pyridine rings is 1. The van der Waals surface area contributed by atoms with E-state index in [-0.39, 0.29) is 0 Å². The minimum atomic E-state index is 0.504. The highest BCUT2D eigenvalue weighted by atomic mass is 79.9. The summed E-state index contributed by atoms with van der Waals surface area (Å²) in [6.07, 6.45) is 0. The van der Waals surface area contributed by atoms with Gasteiger partial charge in [0.1, 0.15) is 10.9 Å². The molecule has 0 aliphatic carbocycles. The number of aryl methyl sites for hydroxylation is 1. The lowest BCUT2D eigenvalue weighted by Gasteiger charge is -2.13. The molecule has 1 heterocycles. The van der Waals surface area contributed by atoms with Gasteiger partial charge in [-0.3, -0.25) is 0 Å². The van der Waals surface area contributed by atoms with Crippen LogP contribution in [-0.2, 0) is 6.54 Å². The maximum absolute atomic E-state index is 5.86. The highest BCUT2D eigenvalue weighted by Gasteiger charge is 2.09. The average Bonchev–Trinajstić information content (AvgIpc) is 2.42. The number of ether oxygens (including phenoxy) is 1. The highest BCUT2D eigenvalue weighted by molar-refractivity contribution is 9.11. The number of nitrogens with zero attached hydrogens (tertiary/aromatic N) is 1. The van der Waals surface area contributed by atoms with Crippen molar-refractivity contribution in [3.8, 4) is 5.75 Å². The van der Waals surface area contributed by atoms with Crippen LogP contribution in [0, 0.1) is 6.92 Å². The van der Waals surface area contributed by atoms with E-state index >= 15 is 0 Å². The Morgan fingerprint density at radius 3 is 2.48 bits per heavy atom. The summed E-state index contributed by atoms with van der Waals surface area (Å²) in [6, 6.07) is 7.80. The molecule has 0 unspecified atom stereocenters. The second kappa shape index (κ2) is 7.47. The summed E-state index contributed by atoms with van der Waals surface area (Å²) in [4.78, 5) is 4.22. The topological polar surface area (TPSA) is 34.1 Å². The van der Waals surface area contributed by atoms with E-state index in [2.05, 4.69) is 42.2 Å². The monoisotopic (exact) mass is 432 g/mol. The van der Waals surface area contributed by atoms with Crippen LogP contribution in [0.1, 0.15) is 18.2 Å². The summed E-state index contributed by atoms with van der Waals surface area (Å²) in [5.74, 6) is 0.825. The predicted octanol–water partition coefficient (Wildman–Crippen LogP) is 5.58. The second-order valence-corrected chi connectivity index (χ2v) is 6.54. The van der Waals surface area contributed by atoms with Crippen LogP contribution in [0.3, 0.4) is 0 Å². The van der Waals surface area contributed by atoms with Gasteiger partial charge in [-0.2, -0.15) is 0 Å². The lowest BCUT2D eigenvalue weighted by Crippen LogP contribution is -2.03. The molecule has 1 aromatic carbocycles. The fourth-order valence-corrected chi connectivity index (χ4v) is 3.61. The number of hydrogen-bond donors (Lipinski definition) is 1. The maximum atomic E-state index is 5.86. The molecule has 0 spiro atoms. The fourth-order valence-electron chi connectivity index (χ4n) is 1.91. The number of benzene rings is 1. The van der Waals surface area contributed by atoms with Gasteiger partial charge in [-0.05, 0) is 75.5 Å². The van der Waals surface area contributed by atoms with Crippen LogP contribution in [0.25, 0.3) is 0 Å². The summed E-state index contributed by atoms with van der Waals surface area (Å²) in [5.41, 5.74) is 2.98. The van der Waals surface area contributed by atoms with E-state index in [0.717, 1.165) is 31.6 Å². The van der Waals surface area contributed by atoms with Gasteiger partial charge >= 0.3 is 0 Å². The van der Waals surface area contributed by atoms with Gasteiger partial charge < -0.3 is 10.1 Å². The number of hydrogen-bond acceptors (Lipinski definition) is 3. The van der Waals surface area contributed by atoms with E-state index in [1.165, 1.54) is 0 Å². The van der Waals surface area contributed by atoms with E-state index in [1.807, 2.05) is 32.0 Å². The molecule has 3 nitrogen and oxygen atoms in total. The fraction of sp³-hybridized carbons (Fsp3) is 0.267. The van der Waals surface area contributed by atoms with Gasteiger partial charge in [-0.25, -0.2) is 4.98 Å². The van der Waals surface area contributed by atoms with Gasteiger partial charge in [0.05, 0.1) is 26.9 Å². The van der Waals surface area contributed by atoms with E-state index in [1.54, 1.807) is 6.07 Å². The molecule has 2 aromatic rings. The zero-order valence-electron chi connectivity index (χ0n) is 11.7. The summed E-state index contributed by atoms with van der Waals surface area (Å²) in [6.45, 7) is 5.21. The molecule has 0 aliphatic heterocycles. The molecule has 1 N–H and O–H groups in total. The lowest BCUT2D eigenvalue weighted by atomic mass is 10.2. The number of aromatic nitrogens is 1. The largest absolute Gasteiger partial charge is 0.492 e. The van der Waals surface area contributed by atoms with Crippen molar-refractivity contribution in [1.82, 2.24) is 4.98 Å². The minimum absolute atomic E-state index is 0.504. The Morgan fingerprint density at radius 2 is 1.90 bits per heavy atom. The van der Waals surface area contributed by atoms with Crippen molar-refractivity contribution >= 4 is 49.1 Å². The van der Waals surface area contributed by atoms with Gasteiger partial charge in [0.25, 0.3) is 0 Å². The molecule has 0 aliphatic rings. The predicted molar refractivity (Wildman–Crippen MR) is 94.3 cm³/mol. The van der Waals surface area contributed by atoms with Crippen LogP contribution < -0.4 is 10.1 Å². The summed E-state index contributed by atoms with van der Waals surface area (Å²) in [5, 5.41) is 3.86. The molecular weight excluding hydrogens is 419 g/mol. The SMILES string of the molecule is CCOc1c(Br)cc(CNc2ccc(Cl)nc2C)cc1Br. The van der Waals surface area contributed by atoms with Gasteiger partial charge in [-0.15, -0.1) is 0 Å². The molecule has 0 bridgehead atoms. The normalized spacial score (nSPS) is 10.5. The third kappa shape index (κ3) is 4.34. The molecule has 0 atom stereocenters. The van der Waals surface area contributed by atoms with Crippen molar-refractivity contribution < 1.29 is 4.74 Å². The molecule has 21 heavy (non-hydrogen) atoms. The lowest BCUT2D eigenvalue weighted by molar-refractivity contribution is 0.336. The standard InChI is InChI=1S/C15H15Br2ClN2O/c1-3-21-15-11(16)6-10(7-12(15)17)8-19-13-4-5-14(18)20-9(13)2/h4-7,19H,3,8H2,1-2H3. The molecule has 0 fully saturated rings. The summed E-state index contributed by atoms with van der Waals surface area (Å²) >= 11 is 12.9. The first-order valence-corrected chi connectivity index (χ1v) is 8.45. The van der Waals surface area contributed by atoms with Gasteiger partial charge in [-0.1, -0.05) is 11.6 Å². The van der Waals surface area contributed by atoms with Crippen LogP contribution in [0.15, 0.2) is 33.2 Å². The van der Waals surface area contributed by atoms with Crippen LogP contribution in [0.5, 0.6) is 5.75 Å². The van der Waals surface area contributed by atoms with Crippen molar-refractivity contribution in [2.45, 2.75) is 20.4 Å². The number of nitrogens with one attached hydrogen (secondary N) is 1. The Morgan fingerprint density at radius 1 is 1.24 bits per heavy atom. The van der Waals surface area contributed by atoms with Gasteiger partial charge in [0.15, 0.2) is 0 Å². The van der Waals surface area contributed by atoms with Gasteiger partial charge in [0, 0.05) is 6.54 Å². The second-order valence-electron chi connectivity index (χ2n) is 4.44. The first-order chi connectivity index (χ1) is 10.0. The Labute approximate surface area is 146 Å². The number of rotatable bonds is 5. The van der Waals surface area contributed by atoms with Crippen molar-refractivity contribution in [1.29, 1.82) is 0 Å². The third-order valence-corrected chi connectivity index (χ3v) is 4.27. The molecule has 0 saturated carbocycles. The maximum Gasteiger partial charge on any atom is 0.147 e. The molecule has 0 saturated heterocycles. The quantitative estimate of drug-likeness (QED) is 0.624. The zero-order chi connectivity index (χ0) is 15.4. The van der Waals surface area contributed by atoms with Crippen molar-refractivity contribution in [3.05, 3.63) is 49.6 Å². The first kappa shape index (κ1) is 16.6. The molecule has 0 radical (unpaired) electrons. The molecule has 1 aromatic heterocycles. The molecular formula is C15H15Br2ClN2O. The van der Waals surface area contributed by atoms with Crippen LogP contribution in [-0.4, -0.2) is 11.6 Å².